The molecule has 0 fully saturated rings. The summed E-state index contributed by atoms with van der Waals surface area (Å²) in [4.78, 5) is 24.4. The number of hydrogen-bond donors (Lipinski definition) is 3. The molecule has 0 bridgehead atoms. The number of rotatable bonds is 4. The Kier molecular flexibility index (Phi) is 4.45. The Balaban J connectivity index is 2.16. The van der Waals surface area contributed by atoms with Crippen LogP contribution in [0.5, 0.6) is 0 Å². The van der Waals surface area contributed by atoms with Crippen molar-refractivity contribution in [3.8, 4) is 0 Å². The molecule has 1 aromatic rings. The van der Waals surface area contributed by atoms with Gasteiger partial charge in [0.05, 0.1) is 11.7 Å². The molecule has 1 aliphatic carbocycles. The molecule has 0 radical (unpaired) electrons. The van der Waals surface area contributed by atoms with Gasteiger partial charge in [0.15, 0.2) is 6.04 Å². The van der Waals surface area contributed by atoms with E-state index in [1.807, 2.05) is 0 Å². The minimum atomic E-state index is -1.28. The first-order chi connectivity index (χ1) is 9.40. The molecule has 3 atom stereocenters. The van der Waals surface area contributed by atoms with Crippen LogP contribution in [0.2, 0.25) is 0 Å². The molecule has 0 spiro atoms. The van der Waals surface area contributed by atoms with E-state index in [9.17, 15) is 14.7 Å². The summed E-state index contributed by atoms with van der Waals surface area (Å²) in [7, 11) is 0. The van der Waals surface area contributed by atoms with Gasteiger partial charge in [-0.1, -0.05) is 6.92 Å². The smallest absolute Gasteiger partial charge is 0.328 e. The summed E-state index contributed by atoms with van der Waals surface area (Å²) < 4.78 is 0. The number of amides is 1. The minimum Gasteiger partial charge on any atom is -0.480 e. The summed E-state index contributed by atoms with van der Waals surface area (Å²) in [6.07, 6.45) is 1.75. The summed E-state index contributed by atoms with van der Waals surface area (Å²) in [6, 6.07) is -1.28. The van der Waals surface area contributed by atoms with E-state index in [2.05, 4.69) is 12.2 Å². The maximum absolute atomic E-state index is 12.2. The number of hydrogen-bond acceptors (Lipinski definition) is 4. The number of carboxylic acids is 1. The highest BCUT2D eigenvalue weighted by Crippen LogP contribution is 2.32. The van der Waals surface area contributed by atoms with Gasteiger partial charge in [0, 0.05) is 10.3 Å². The van der Waals surface area contributed by atoms with Crippen LogP contribution in [0.25, 0.3) is 0 Å². The van der Waals surface area contributed by atoms with E-state index in [-0.39, 0.29) is 0 Å². The molecule has 3 N–H and O–H groups in total. The predicted octanol–water partition coefficient (Wildman–Crippen LogP) is 1.44. The third kappa shape index (κ3) is 3.02. The number of aliphatic hydroxyl groups is 1. The monoisotopic (exact) mass is 297 g/mol. The highest BCUT2D eigenvalue weighted by Gasteiger charge is 2.28. The Hall–Kier alpha value is -1.40. The molecule has 0 aliphatic heterocycles. The van der Waals surface area contributed by atoms with Crippen molar-refractivity contribution < 1.29 is 19.8 Å². The molecule has 5 nitrogen and oxygen atoms in total. The van der Waals surface area contributed by atoms with Gasteiger partial charge >= 0.3 is 5.97 Å². The van der Waals surface area contributed by atoms with Gasteiger partial charge in [-0.15, -0.1) is 11.3 Å². The van der Waals surface area contributed by atoms with Gasteiger partial charge in [-0.05, 0) is 37.7 Å². The van der Waals surface area contributed by atoms with Crippen molar-refractivity contribution in [2.24, 2.45) is 5.92 Å². The van der Waals surface area contributed by atoms with Crippen LogP contribution in [-0.4, -0.2) is 34.2 Å². The van der Waals surface area contributed by atoms with E-state index in [4.69, 9.17) is 5.11 Å². The van der Waals surface area contributed by atoms with E-state index in [1.165, 1.54) is 11.8 Å². The molecule has 20 heavy (non-hydrogen) atoms. The molecule has 1 amide bonds. The highest BCUT2D eigenvalue weighted by molar-refractivity contribution is 7.10. The summed E-state index contributed by atoms with van der Waals surface area (Å²) >= 11 is 1.56. The summed E-state index contributed by atoms with van der Waals surface area (Å²) in [5, 5.41) is 22.6. The molecule has 3 unspecified atom stereocenters. The SMILES string of the molecule is CC1CCc2c(C(=O)NC(C(=O)O)C(C)O)csc2C1. The van der Waals surface area contributed by atoms with Crippen molar-refractivity contribution in [3.63, 3.8) is 0 Å². The van der Waals surface area contributed by atoms with Gasteiger partial charge in [0.2, 0.25) is 0 Å². The molecular formula is C14H19NO4S. The van der Waals surface area contributed by atoms with E-state index in [1.54, 1.807) is 16.7 Å². The van der Waals surface area contributed by atoms with Gasteiger partial charge < -0.3 is 15.5 Å². The van der Waals surface area contributed by atoms with Crippen LogP contribution in [0.4, 0.5) is 0 Å². The van der Waals surface area contributed by atoms with Crippen molar-refractivity contribution in [3.05, 3.63) is 21.4 Å². The average Bonchev–Trinajstić information content (AvgIpc) is 2.77. The van der Waals surface area contributed by atoms with Gasteiger partial charge in [0.25, 0.3) is 5.91 Å². The van der Waals surface area contributed by atoms with Crippen molar-refractivity contribution in [2.45, 2.75) is 45.3 Å². The lowest BCUT2D eigenvalue weighted by atomic mass is 9.88. The van der Waals surface area contributed by atoms with Crippen molar-refractivity contribution >= 4 is 23.2 Å². The zero-order valence-electron chi connectivity index (χ0n) is 11.5. The lowest BCUT2D eigenvalue weighted by molar-refractivity contribution is -0.141. The number of aliphatic carboxylic acids is 1. The van der Waals surface area contributed by atoms with Crippen LogP contribution in [0.1, 0.15) is 41.1 Å². The Bertz CT molecular complexity index is 523. The zero-order valence-corrected chi connectivity index (χ0v) is 12.4. The predicted molar refractivity (Wildman–Crippen MR) is 76.1 cm³/mol. The number of thiophene rings is 1. The number of carbonyl (C=O) groups excluding carboxylic acids is 1. The Morgan fingerprint density at radius 2 is 2.20 bits per heavy atom. The minimum absolute atomic E-state index is 0.412. The molecule has 6 heteroatoms. The fourth-order valence-electron chi connectivity index (χ4n) is 2.48. The molecule has 110 valence electrons. The van der Waals surface area contributed by atoms with Gasteiger partial charge in [-0.3, -0.25) is 4.79 Å². The molecule has 1 aromatic heterocycles. The largest absolute Gasteiger partial charge is 0.480 e. The Morgan fingerprint density at radius 1 is 1.50 bits per heavy atom. The van der Waals surface area contributed by atoms with Crippen LogP contribution >= 0.6 is 11.3 Å². The summed E-state index contributed by atoms with van der Waals surface area (Å²) in [6.45, 7) is 3.54. The van der Waals surface area contributed by atoms with Gasteiger partial charge in [-0.2, -0.15) is 0 Å². The fourth-order valence-corrected chi connectivity index (χ4v) is 3.72. The molecule has 2 rings (SSSR count). The molecular weight excluding hydrogens is 278 g/mol. The lowest BCUT2D eigenvalue weighted by Gasteiger charge is -2.20. The Labute approximate surface area is 121 Å². The third-order valence-electron chi connectivity index (χ3n) is 3.68. The summed E-state index contributed by atoms with van der Waals surface area (Å²) in [5.41, 5.74) is 1.60. The number of carbonyl (C=O) groups is 2. The topological polar surface area (TPSA) is 86.6 Å². The van der Waals surface area contributed by atoms with Crippen LogP contribution in [-0.2, 0) is 17.6 Å². The number of fused-ring (bicyclic) bond motifs is 1. The van der Waals surface area contributed by atoms with Crippen molar-refractivity contribution in [1.29, 1.82) is 0 Å². The first kappa shape index (κ1) is 15.0. The molecule has 0 saturated heterocycles. The van der Waals surface area contributed by atoms with Crippen LogP contribution < -0.4 is 5.32 Å². The number of aliphatic hydroxyl groups excluding tert-OH is 1. The third-order valence-corrected chi connectivity index (χ3v) is 4.73. The van der Waals surface area contributed by atoms with E-state index in [0.717, 1.165) is 24.8 Å². The van der Waals surface area contributed by atoms with Gasteiger partial charge in [0.1, 0.15) is 0 Å². The second-order valence-electron chi connectivity index (χ2n) is 5.43. The van der Waals surface area contributed by atoms with Crippen LogP contribution in [0, 0.1) is 5.92 Å². The van der Waals surface area contributed by atoms with Crippen molar-refractivity contribution in [1.82, 2.24) is 5.32 Å². The zero-order chi connectivity index (χ0) is 14.9. The first-order valence-corrected chi connectivity index (χ1v) is 7.59. The van der Waals surface area contributed by atoms with E-state index in [0.29, 0.717) is 11.5 Å². The molecule has 1 aliphatic rings. The highest BCUT2D eigenvalue weighted by atomic mass is 32.1. The number of carboxylic acid groups (broad SMARTS) is 1. The van der Waals surface area contributed by atoms with Crippen molar-refractivity contribution in [2.75, 3.05) is 0 Å². The lowest BCUT2D eigenvalue weighted by Crippen LogP contribution is -2.47. The maximum atomic E-state index is 12.2. The second-order valence-corrected chi connectivity index (χ2v) is 6.39. The normalized spacial score (nSPS) is 20.9. The summed E-state index contributed by atoms with van der Waals surface area (Å²) in [5.74, 6) is -1.02. The standard InChI is InChI=1S/C14H19NO4S/c1-7-3-4-9-10(6-20-11(9)5-7)13(17)15-12(8(2)16)14(18)19/h6-8,12,16H,3-5H2,1-2H3,(H,15,17)(H,18,19). The molecule has 0 saturated carbocycles. The van der Waals surface area contributed by atoms with Gasteiger partial charge in [-0.25, -0.2) is 4.79 Å². The second kappa shape index (κ2) is 5.93. The quantitative estimate of drug-likeness (QED) is 0.785. The maximum Gasteiger partial charge on any atom is 0.328 e. The Morgan fingerprint density at radius 3 is 2.80 bits per heavy atom. The number of nitrogens with one attached hydrogen (secondary N) is 1. The van der Waals surface area contributed by atoms with Crippen LogP contribution in [0.15, 0.2) is 5.38 Å². The molecule has 1 heterocycles. The average molecular weight is 297 g/mol. The van der Waals surface area contributed by atoms with E-state index >= 15 is 0 Å². The van der Waals surface area contributed by atoms with Crippen LogP contribution in [0.3, 0.4) is 0 Å². The van der Waals surface area contributed by atoms with E-state index < -0.39 is 24.0 Å². The first-order valence-electron chi connectivity index (χ1n) is 6.71. The fraction of sp³-hybridized carbons (Fsp3) is 0.571. The molecule has 0 aromatic carbocycles.